The predicted octanol–water partition coefficient (Wildman–Crippen LogP) is 0.427. The lowest BCUT2D eigenvalue weighted by atomic mass is 9.89. The molecule has 64 valence electrons. The zero-order valence-corrected chi connectivity index (χ0v) is 7.14. The summed E-state index contributed by atoms with van der Waals surface area (Å²) in [6.07, 6.45) is 2.95. The number of nitrogens with zero attached hydrogens (tertiary/aromatic N) is 4. The summed E-state index contributed by atoms with van der Waals surface area (Å²) < 4.78 is 2.05. The first-order valence-corrected chi connectivity index (χ1v) is 4.53. The molecule has 0 aliphatic carbocycles. The van der Waals surface area contributed by atoms with Gasteiger partial charge in [0, 0.05) is 6.04 Å². The quantitative estimate of drug-likeness (QED) is 0.603. The summed E-state index contributed by atoms with van der Waals surface area (Å²) in [6.45, 7) is 4.40. The molecule has 4 heteroatoms. The highest BCUT2D eigenvalue weighted by Gasteiger charge is 2.45. The van der Waals surface area contributed by atoms with Crippen molar-refractivity contribution in [3.8, 4) is 0 Å². The van der Waals surface area contributed by atoms with Gasteiger partial charge in [-0.2, -0.15) is 5.10 Å². The SMILES string of the molecule is CCN1C2CC1c1ncnn1C2. The molecule has 2 atom stereocenters. The van der Waals surface area contributed by atoms with Gasteiger partial charge in [0.2, 0.25) is 0 Å². The Balaban J connectivity index is 2.01. The van der Waals surface area contributed by atoms with E-state index in [1.54, 1.807) is 6.33 Å². The lowest BCUT2D eigenvalue weighted by Gasteiger charge is -2.51. The summed E-state index contributed by atoms with van der Waals surface area (Å²) >= 11 is 0. The van der Waals surface area contributed by atoms with Crippen LogP contribution in [-0.4, -0.2) is 32.3 Å². The van der Waals surface area contributed by atoms with E-state index in [2.05, 4.69) is 21.9 Å². The van der Waals surface area contributed by atoms with Crippen LogP contribution in [0.4, 0.5) is 0 Å². The fourth-order valence-electron chi connectivity index (χ4n) is 2.43. The average molecular weight is 164 g/mol. The minimum absolute atomic E-state index is 0.566. The molecule has 1 aromatic heterocycles. The van der Waals surface area contributed by atoms with Crippen LogP contribution in [0.2, 0.25) is 0 Å². The molecule has 3 aliphatic rings. The maximum Gasteiger partial charge on any atom is 0.144 e. The third-order valence-electron chi connectivity index (χ3n) is 3.06. The second-order valence-electron chi connectivity index (χ2n) is 3.54. The number of hydrogen-bond acceptors (Lipinski definition) is 3. The van der Waals surface area contributed by atoms with Crippen molar-refractivity contribution in [2.75, 3.05) is 6.54 Å². The van der Waals surface area contributed by atoms with Gasteiger partial charge in [-0.1, -0.05) is 6.92 Å². The van der Waals surface area contributed by atoms with Gasteiger partial charge in [0.15, 0.2) is 0 Å². The molecule has 12 heavy (non-hydrogen) atoms. The van der Waals surface area contributed by atoms with Gasteiger partial charge in [0.05, 0.1) is 12.6 Å². The van der Waals surface area contributed by atoms with Gasteiger partial charge >= 0.3 is 0 Å². The van der Waals surface area contributed by atoms with Crippen LogP contribution >= 0.6 is 0 Å². The van der Waals surface area contributed by atoms with E-state index in [1.807, 2.05) is 4.68 Å². The van der Waals surface area contributed by atoms with E-state index in [-0.39, 0.29) is 0 Å². The standard InChI is InChI=1S/C8H12N4/c1-2-11-6-3-7(11)8-9-5-10-12(8)4-6/h5-7H,2-4H2,1H3. The molecule has 3 aliphatic heterocycles. The van der Waals surface area contributed by atoms with Crippen molar-refractivity contribution in [2.24, 2.45) is 0 Å². The topological polar surface area (TPSA) is 34.0 Å². The van der Waals surface area contributed by atoms with Gasteiger partial charge in [-0.3, -0.25) is 4.90 Å². The van der Waals surface area contributed by atoms with Crippen LogP contribution in [0.25, 0.3) is 0 Å². The maximum atomic E-state index is 4.28. The molecule has 0 saturated carbocycles. The predicted molar refractivity (Wildman–Crippen MR) is 43.5 cm³/mol. The Kier molecular flexibility index (Phi) is 1.14. The number of likely N-dealkylation sites (N-methyl/N-ethyl adjacent to an activating group) is 1. The van der Waals surface area contributed by atoms with Crippen molar-refractivity contribution in [2.45, 2.75) is 32.0 Å². The van der Waals surface area contributed by atoms with Gasteiger partial charge in [-0.25, -0.2) is 9.67 Å². The molecule has 4 nitrogen and oxygen atoms in total. The van der Waals surface area contributed by atoms with Crippen molar-refractivity contribution in [3.05, 3.63) is 12.2 Å². The summed E-state index contributed by atoms with van der Waals surface area (Å²) in [6, 6.07) is 1.30. The van der Waals surface area contributed by atoms with Crippen molar-refractivity contribution in [1.29, 1.82) is 0 Å². The summed E-state index contributed by atoms with van der Waals surface area (Å²) in [5, 5.41) is 4.19. The van der Waals surface area contributed by atoms with E-state index in [9.17, 15) is 0 Å². The van der Waals surface area contributed by atoms with Crippen LogP contribution in [0.3, 0.4) is 0 Å². The van der Waals surface area contributed by atoms with Crippen LogP contribution in [0.15, 0.2) is 6.33 Å². The first kappa shape index (κ1) is 6.60. The molecule has 2 unspecified atom stereocenters. The molecule has 2 bridgehead atoms. The van der Waals surface area contributed by atoms with Crippen LogP contribution in [0.1, 0.15) is 25.2 Å². The van der Waals surface area contributed by atoms with Crippen molar-refractivity contribution in [1.82, 2.24) is 19.7 Å². The van der Waals surface area contributed by atoms with E-state index < -0.39 is 0 Å². The lowest BCUT2D eigenvalue weighted by molar-refractivity contribution is -0.0263. The van der Waals surface area contributed by atoms with E-state index in [4.69, 9.17) is 0 Å². The van der Waals surface area contributed by atoms with E-state index >= 15 is 0 Å². The Morgan fingerprint density at radius 2 is 2.58 bits per heavy atom. The fourth-order valence-corrected chi connectivity index (χ4v) is 2.43. The maximum absolute atomic E-state index is 4.28. The Bertz CT molecular complexity index is 306. The Hall–Kier alpha value is -0.900. The number of aromatic nitrogens is 3. The van der Waals surface area contributed by atoms with Crippen molar-refractivity contribution in [3.63, 3.8) is 0 Å². The normalized spacial score (nSPS) is 32.8. The number of rotatable bonds is 1. The van der Waals surface area contributed by atoms with Crippen LogP contribution < -0.4 is 0 Å². The average Bonchev–Trinajstić information content (AvgIpc) is 2.50. The lowest BCUT2D eigenvalue weighted by Crippen LogP contribution is -2.56. The highest BCUT2D eigenvalue weighted by atomic mass is 15.4. The van der Waals surface area contributed by atoms with E-state index in [1.165, 1.54) is 12.2 Å². The zero-order valence-electron chi connectivity index (χ0n) is 7.14. The van der Waals surface area contributed by atoms with Gasteiger partial charge in [0.25, 0.3) is 0 Å². The molecule has 1 aromatic rings. The number of hydrogen-bond donors (Lipinski definition) is 0. The molecule has 0 spiro atoms. The summed E-state index contributed by atoms with van der Waals surface area (Å²) in [7, 11) is 0. The third kappa shape index (κ3) is 0.617. The minimum atomic E-state index is 0.566. The highest BCUT2D eigenvalue weighted by Crippen LogP contribution is 2.41. The van der Waals surface area contributed by atoms with E-state index in [0.29, 0.717) is 6.04 Å². The molecule has 1 saturated heterocycles. The largest absolute Gasteiger partial charge is 0.289 e. The van der Waals surface area contributed by atoms with Crippen LogP contribution in [0, 0.1) is 0 Å². The molecular weight excluding hydrogens is 152 g/mol. The van der Waals surface area contributed by atoms with Gasteiger partial charge in [-0.15, -0.1) is 0 Å². The van der Waals surface area contributed by atoms with Crippen molar-refractivity contribution < 1.29 is 0 Å². The zero-order chi connectivity index (χ0) is 8.13. The summed E-state index contributed by atoms with van der Waals surface area (Å²) in [4.78, 5) is 6.79. The molecule has 4 heterocycles. The van der Waals surface area contributed by atoms with Gasteiger partial charge in [0.1, 0.15) is 12.2 Å². The monoisotopic (exact) mass is 164 g/mol. The smallest absolute Gasteiger partial charge is 0.144 e. The molecule has 0 N–H and O–H groups in total. The first-order chi connectivity index (χ1) is 5.90. The fraction of sp³-hybridized carbons (Fsp3) is 0.750. The van der Waals surface area contributed by atoms with E-state index in [0.717, 1.165) is 19.1 Å². The van der Waals surface area contributed by atoms with Gasteiger partial charge in [-0.05, 0) is 13.0 Å². The molecule has 0 amide bonds. The van der Waals surface area contributed by atoms with Gasteiger partial charge < -0.3 is 0 Å². The molecule has 4 rings (SSSR count). The van der Waals surface area contributed by atoms with Crippen LogP contribution in [0.5, 0.6) is 0 Å². The second-order valence-corrected chi connectivity index (χ2v) is 3.54. The first-order valence-electron chi connectivity index (χ1n) is 4.53. The molecule has 0 radical (unpaired) electrons. The summed E-state index contributed by atoms with van der Waals surface area (Å²) in [5.74, 6) is 1.17. The summed E-state index contributed by atoms with van der Waals surface area (Å²) in [5.41, 5.74) is 0. The Morgan fingerprint density at radius 3 is 3.42 bits per heavy atom. The second kappa shape index (κ2) is 2.07. The van der Waals surface area contributed by atoms with Crippen molar-refractivity contribution >= 4 is 0 Å². The Morgan fingerprint density at radius 1 is 1.67 bits per heavy atom. The molecular formula is C8H12N4. The minimum Gasteiger partial charge on any atom is -0.289 e. The third-order valence-corrected chi connectivity index (χ3v) is 3.06. The Labute approximate surface area is 71.2 Å². The van der Waals surface area contributed by atoms with Crippen LogP contribution in [-0.2, 0) is 6.54 Å². The molecule has 0 aromatic carbocycles. The highest BCUT2D eigenvalue weighted by molar-refractivity contribution is 5.09. The molecule has 1 fully saturated rings.